The predicted octanol–water partition coefficient (Wildman–Crippen LogP) is 7.26. The maximum atomic E-state index is 12.5. The number of carbonyl (C=O) groups is 2. The third-order valence-corrected chi connectivity index (χ3v) is 7.03. The Kier molecular flexibility index (Phi) is 9.22. The molecule has 0 aliphatic carbocycles. The summed E-state index contributed by atoms with van der Waals surface area (Å²) in [5, 5.41) is 6.86. The van der Waals surface area contributed by atoms with E-state index in [1.165, 1.54) is 17.8 Å². The summed E-state index contributed by atoms with van der Waals surface area (Å²) in [6, 6.07) is 15.7. The van der Waals surface area contributed by atoms with E-state index in [1.54, 1.807) is 30.3 Å². The average Bonchev–Trinajstić information content (AvgIpc) is 3.20. The lowest BCUT2D eigenvalue weighted by Crippen LogP contribution is -2.20. The molecule has 1 aliphatic heterocycles. The molecule has 4 rings (SSSR count). The lowest BCUT2D eigenvalue weighted by atomic mass is 10.2. The Bertz CT molecular complexity index is 1440. The summed E-state index contributed by atoms with van der Waals surface area (Å²) in [6.07, 6.45) is 1.69. The Balaban J connectivity index is 1.48. The van der Waals surface area contributed by atoms with E-state index >= 15 is 0 Å². The van der Waals surface area contributed by atoms with Crippen molar-refractivity contribution in [3.63, 3.8) is 0 Å². The molecule has 196 valence electrons. The zero-order chi connectivity index (χ0) is 27.2. The lowest BCUT2D eigenvalue weighted by molar-refractivity contribution is -0.118. The Hall–Kier alpha value is -3.17. The number of aryl methyl sites for hydroxylation is 1. The molecule has 0 saturated carbocycles. The smallest absolute Gasteiger partial charge is 0.264 e. The van der Waals surface area contributed by atoms with E-state index in [-0.39, 0.29) is 23.3 Å². The first kappa shape index (κ1) is 27.9. The summed E-state index contributed by atoms with van der Waals surface area (Å²) in [7, 11) is 0. The van der Waals surface area contributed by atoms with E-state index in [4.69, 9.17) is 44.3 Å². The largest absolute Gasteiger partial charge is 0.490 e. The van der Waals surface area contributed by atoms with Gasteiger partial charge in [0.2, 0.25) is 0 Å². The number of benzene rings is 3. The second-order valence-electron chi connectivity index (χ2n) is 8.05. The number of rotatable bonds is 8. The van der Waals surface area contributed by atoms with Gasteiger partial charge in [0.1, 0.15) is 0 Å². The van der Waals surface area contributed by atoms with Crippen molar-refractivity contribution in [2.45, 2.75) is 13.8 Å². The van der Waals surface area contributed by atoms with Crippen molar-refractivity contribution in [2.24, 2.45) is 4.99 Å². The topological polar surface area (TPSA) is 89.0 Å². The molecular weight excluding hydrogens is 569 g/mol. The number of ether oxygens (including phenoxy) is 2. The average molecular weight is 591 g/mol. The quantitative estimate of drug-likeness (QED) is 0.270. The zero-order valence-corrected chi connectivity index (χ0v) is 23.4. The van der Waals surface area contributed by atoms with Crippen LogP contribution in [0.3, 0.4) is 0 Å². The van der Waals surface area contributed by atoms with E-state index in [2.05, 4.69) is 15.6 Å². The van der Waals surface area contributed by atoms with Gasteiger partial charge < -0.3 is 20.1 Å². The van der Waals surface area contributed by atoms with Crippen LogP contribution in [-0.2, 0) is 9.59 Å². The Morgan fingerprint density at radius 1 is 1.03 bits per heavy atom. The van der Waals surface area contributed by atoms with Crippen LogP contribution in [0.15, 0.2) is 64.5 Å². The first-order valence-electron chi connectivity index (χ1n) is 11.4. The van der Waals surface area contributed by atoms with E-state index in [9.17, 15) is 9.59 Å². The van der Waals surface area contributed by atoms with Gasteiger partial charge in [0, 0.05) is 5.69 Å². The highest BCUT2D eigenvalue weighted by atomic mass is 35.5. The standard InChI is InChI=1S/C27H22Cl3N3O4S/c1-3-36-22-11-16(12-23-26(35)33-27(38-23)32-17-6-4-15(2)5-7-17)10-21(30)25(22)37-14-24(34)31-18-8-9-19(28)20(29)13-18/h4-13H,3,14H2,1-2H3,(H,31,34)(H,32,33,35)/b23-12+. The van der Waals surface area contributed by atoms with Gasteiger partial charge in [-0.1, -0.05) is 52.5 Å². The summed E-state index contributed by atoms with van der Waals surface area (Å²) in [4.78, 5) is 29.9. The number of hydrogen-bond acceptors (Lipinski definition) is 6. The van der Waals surface area contributed by atoms with Crippen molar-refractivity contribution < 1.29 is 19.1 Å². The third kappa shape index (κ3) is 7.23. The van der Waals surface area contributed by atoms with Gasteiger partial charge in [-0.15, -0.1) is 0 Å². The van der Waals surface area contributed by atoms with E-state index in [0.717, 1.165) is 11.3 Å². The molecule has 1 saturated heterocycles. The molecule has 2 N–H and O–H groups in total. The lowest BCUT2D eigenvalue weighted by Gasteiger charge is -2.14. The first-order valence-corrected chi connectivity index (χ1v) is 13.4. The van der Waals surface area contributed by atoms with Gasteiger partial charge in [0.15, 0.2) is 23.3 Å². The van der Waals surface area contributed by atoms with Gasteiger partial charge >= 0.3 is 0 Å². The molecule has 0 spiro atoms. The van der Waals surface area contributed by atoms with Crippen molar-refractivity contribution in [2.75, 3.05) is 18.5 Å². The Morgan fingerprint density at radius 2 is 1.79 bits per heavy atom. The normalized spacial score (nSPS) is 15.0. The van der Waals surface area contributed by atoms with Crippen molar-refractivity contribution in [1.82, 2.24) is 5.32 Å². The molecule has 0 unspecified atom stereocenters. The molecule has 1 fully saturated rings. The van der Waals surface area contributed by atoms with Crippen LogP contribution in [0.2, 0.25) is 15.1 Å². The molecule has 7 nitrogen and oxygen atoms in total. The number of nitrogens with zero attached hydrogens (tertiary/aromatic N) is 1. The van der Waals surface area contributed by atoms with Crippen molar-refractivity contribution >= 4 is 81.0 Å². The summed E-state index contributed by atoms with van der Waals surface area (Å²) < 4.78 is 11.4. The molecule has 0 radical (unpaired) electrons. The third-order valence-electron chi connectivity index (χ3n) is 5.10. The van der Waals surface area contributed by atoms with Crippen molar-refractivity contribution in [3.8, 4) is 11.5 Å². The van der Waals surface area contributed by atoms with Crippen LogP contribution >= 0.6 is 46.6 Å². The van der Waals surface area contributed by atoms with Gasteiger partial charge in [-0.2, -0.15) is 0 Å². The molecule has 1 heterocycles. The van der Waals surface area contributed by atoms with Gasteiger partial charge in [0.05, 0.1) is 32.3 Å². The highest BCUT2D eigenvalue weighted by molar-refractivity contribution is 8.18. The molecule has 2 amide bonds. The minimum absolute atomic E-state index is 0.213. The predicted molar refractivity (Wildman–Crippen MR) is 155 cm³/mol. The first-order chi connectivity index (χ1) is 18.2. The molecule has 0 bridgehead atoms. The summed E-state index contributed by atoms with van der Waals surface area (Å²) in [5.74, 6) is -0.141. The van der Waals surface area contributed by atoms with Crippen LogP contribution in [0.4, 0.5) is 11.4 Å². The van der Waals surface area contributed by atoms with Crippen molar-refractivity contribution in [3.05, 3.63) is 85.7 Å². The molecular formula is C27H22Cl3N3O4S. The number of anilines is 1. The van der Waals surface area contributed by atoms with Gasteiger partial charge in [-0.25, -0.2) is 4.99 Å². The van der Waals surface area contributed by atoms with Crippen LogP contribution in [0.25, 0.3) is 6.08 Å². The number of amides is 2. The zero-order valence-electron chi connectivity index (χ0n) is 20.3. The second kappa shape index (κ2) is 12.6. The number of nitrogens with one attached hydrogen (secondary N) is 2. The monoisotopic (exact) mass is 589 g/mol. The van der Waals surface area contributed by atoms with Gasteiger partial charge in [0.25, 0.3) is 11.8 Å². The number of aliphatic imine (C=N–C) groups is 1. The summed E-state index contributed by atoms with van der Waals surface area (Å²) in [5.41, 5.74) is 2.97. The van der Waals surface area contributed by atoms with Crippen LogP contribution in [-0.4, -0.2) is 30.2 Å². The molecule has 3 aromatic rings. The number of carbonyl (C=O) groups excluding carboxylic acids is 2. The van der Waals surface area contributed by atoms with E-state index in [1.807, 2.05) is 38.1 Å². The molecule has 0 aromatic heterocycles. The number of halogens is 3. The van der Waals surface area contributed by atoms with E-state index < -0.39 is 5.91 Å². The molecule has 0 atom stereocenters. The van der Waals surface area contributed by atoms with Crippen LogP contribution in [0.1, 0.15) is 18.1 Å². The molecule has 11 heteroatoms. The minimum Gasteiger partial charge on any atom is -0.490 e. The minimum atomic E-state index is -0.424. The van der Waals surface area contributed by atoms with Crippen molar-refractivity contribution in [1.29, 1.82) is 0 Å². The number of amidine groups is 1. The van der Waals surface area contributed by atoms with E-state index in [0.29, 0.717) is 43.7 Å². The SMILES string of the molecule is CCOc1cc(/C=C2/SC(=Nc3ccc(C)cc3)NC2=O)cc(Cl)c1OCC(=O)Nc1ccc(Cl)c(Cl)c1. The van der Waals surface area contributed by atoms with Gasteiger partial charge in [-0.05, 0) is 79.7 Å². The fourth-order valence-electron chi connectivity index (χ4n) is 3.35. The maximum Gasteiger partial charge on any atom is 0.264 e. The second-order valence-corrected chi connectivity index (χ2v) is 10.3. The number of thioether (sulfide) groups is 1. The highest BCUT2D eigenvalue weighted by Crippen LogP contribution is 2.38. The molecule has 1 aliphatic rings. The fourth-order valence-corrected chi connectivity index (χ4v) is 4.76. The maximum absolute atomic E-state index is 12.5. The molecule has 3 aromatic carbocycles. The molecule has 38 heavy (non-hydrogen) atoms. The number of hydrogen-bond donors (Lipinski definition) is 2. The van der Waals surface area contributed by atoms with Crippen LogP contribution < -0.4 is 20.1 Å². The fraction of sp³-hybridized carbons (Fsp3) is 0.148. The highest BCUT2D eigenvalue weighted by Gasteiger charge is 2.24. The van der Waals surface area contributed by atoms with Crippen LogP contribution in [0.5, 0.6) is 11.5 Å². The Labute approximate surface area is 239 Å². The Morgan fingerprint density at radius 3 is 2.50 bits per heavy atom. The summed E-state index contributed by atoms with van der Waals surface area (Å²) >= 11 is 19.6. The van der Waals surface area contributed by atoms with Gasteiger partial charge in [-0.3, -0.25) is 9.59 Å². The summed E-state index contributed by atoms with van der Waals surface area (Å²) in [6.45, 7) is 3.82. The van der Waals surface area contributed by atoms with Crippen LogP contribution in [0, 0.1) is 6.92 Å².